The average Bonchev–Trinajstić information content (AvgIpc) is 4.04. The number of benzene rings is 5. The summed E-state index contributed by atoms with van der Waals surface area (Å²) in [5.41, 5.74) is 4.28. The Morgan fingerprint density at radius 3 is 1.90 bits per heavy atom. The summed E-state index contributed by atoms with van der Waals surface area (Å²) >= 11 is 4.20. The predicted octanol–water partition coefficient (Wildman–Crippen LogP) is 5.44. The van der Waals surface area contributed by atoms with E-state index >= 15 is 28.8 Å². The first-order valence-corrected chi connectivity index (χ1v) is 29.1. The fourth-order valence-corrected chi connectivity index (χ4v) is 11.1. The highest BCUT2D eigenvalue weighted by atomic mass is 127. The number of ether oxygens (including phenoxy) is 2. The van der Waals surface area contributed by atoms with Gasteiger partial charge in [0, 0.05) is 79.8 Å². The van der Waals surface area contributed by atoms with Crippen LogP contribution in [0.3, 0.4) is 0 Å². The second-order valence-corrected chi connectivity index (χ2v) is 21.8. The molecular formula is C58H65I2N10O9P. The lowest BCUT2D eigenvalue weighted by Crippen LogP contribution is -2.61. The van der Waals surface area contributed by atoms with Crippen LogP contribution in [0.25, 0.3) is 10.9 Å². The Bertz CT molecular complexity index is 3070. The molecule has 420 valence electrons. The smallest absolute Gasteiger partial charge is 0.407 e. The number of halogens is 2. The first kappa shape index (κ1) is 59.5. The zero-order chi connectivity index (χ0) is 56.4. The number of hydrogen-bond donors (Lipinski definition) is 8. The normalized spacial score (nSPS) is 21.2. The lowest BCUT2D eigenvalue weighted by Gasteiger charge is -2.32. The third-order valence-corrected chi connectivity index (χ3v) is 15.6. The van der Waals surface area contributed by atoms with Gasteiger partial charge in [-0.3, -0.25) is 40.2 Å². The van der Waals surface area contributed by atoms with E-state index in [1.54, 1.807) is 78.9 Å². The van der Waals surface area contributed by atoms with Gasteiger partial charge in [0.15, 0.2) is 0 Å². The topological polar surface area (TPSA) is 242 Å². The van der Waals surface area contributed by atoms with E-state index in [0.29, 0.717) is 55.0 Å². The number of alkyl carbamates (subject to hydrolysis) is 1. The number of fused-ring (bicyclic) bond motifs is 2. The molecule has 8 N–H and O–H groups in total. The van der Waals surface area contributed by atoms with Gasteiger partial charge in [-0.2, -0.15) is 0 Å². The summed E-state index contributed by atoms with van der Waals surface area (Å²) in [4.78, 5) is 105. The van der Waals surface area contributed by atoms with Gasteiger partial charge in [0.25, 0.3) is 0 Å². The molecule has 8 atom stereocenters. The summed E-state index contributed by atoms with van der Waals surface area (Å²) < 4.78 is 16.9. The van der Waals surface area contributed by atoms with Crippen molar-refractivity contribution in [2.45, 2.75) is 93.9 Å². The molecule has 1 aromatic heterocycles. The van der Waals surface area contributed by atoms with Crippen molar-refractivity contribution in [3.8, 4) is 5.75 Å². The van der Waals surface area contributed by atoms with Crippen molar-refractivity contribution in [2.24, 2.45) is 0 Å². The van der Waals surface area contributed by atoms with Gasteiger partial charge in [-0.05, 0) is 65.3 Å². The van der Waals surface area contributed by atoms with Gasteiger partial charge in [-0.25, -0.2) is 4.79 Å². The molecule has 0 saturated carbocycles. The lowest BCUT2D eigenvalue weighted by atomic mass is 9.99. The number of nitrogens with zero attached hydrogens (tertiary/aromatic N) is 2. The third kappa shape index (κ3) is 16.5. The highest BCUT2D eigenvalue weighted by Crippen LogP contribution is 2.27. The number of rotatable bonds is 19. The van der Waals surface area contributed by atoms with E-state index in [2.05, 4.69) is 72.8 Å². The summed E-state index contributed by atoms with van der Waals surface area (Å²) in [5.74, 6) is -3.63. The van der Waals surface area contributed by atoms with Crippen LogP contribution in [-0.4, -0.2) is 112 Å². The van der Waals surface area contributed by atoms with Crippen LogP contribution in [0, 0.1) is 0 Å². The molecule has 2 saturated heterocycles. The number of aromatic nitrogens is 1. The van der Waals surface area contributed by atoms with Crippen molar-refractivity contribution in [1.29, 1.82) is 0 Å². The number of carbonyl (C=O) groups is 7. The Kier molecular flexibility index (Phi) is 22.1. The minimum Gasteiger partial charge on any atom is -0.489 e. The molecule has 8 rings (SSSR count). The summed E-state index contributed by atoms with van der Waals surface area (Å²) in [6.07, 6.45) is 1.14. The molecule has 0 radical (unpaired) electrons. The van der Waals surface area contributed by atoms with Crippen molar-refractivity contribution >= 4 is 108 Å². The van der Waals surface area contributed by atoms with Gasteiger partial charge >= 0.3 is 6.09 Å². The SMILES string of the molecule is O=C(NCCNP)OC1C[C@H]2C(=O)N[C@H](c3ccccc3)C(=O)NC(Cc3cn(I)c4ccccc34)C(=O)N[C@H](CCCCNI)C(=O)N[C@H](Cc3ccc(OCc4ccccc4)cc3)C(=O)N[C@H](Cc3ccccc3)C(=O)N2C1. The molecule has 19 nitrogen and oxygen atoms in total. The molecule has 0 spiro atoms. The number of unbranched alkanes of at least 4 members (excludes halogenated alkanes) is 1. The maximum Gasteiger partial charge on any atom is 0.407 e. The highest BCUT2D eigenvalue weighted by molar-refractivity contribution is 14.1. The van der Waals surface area contributed by atoms with Crippen molar-refractivity contribution in [1.82, 2.24) is 48.2 Å². The molecular weight excluding hydrogens is 1270 g/mol. The van der Waals surface area contributed by atoms with Crippen LogP contribution in [0.2, 0.25) is 0 Å². The van der Waals surface area contributed by atoms with Gasteiger partial charge in [0.05, 0.1) is 34.9 Å². The minimum atomic E-state index is -1.41. The molecule has 6 aromatic rings. The van der Waals surface area contributed by atoms with Crippen LogP contribution in [0.15, 0.2) is 146 Å². The number of amides is 7. The monoisotopic (exact) mass is 1330 g/mol. The molecule has 5 aromatic carbocycles. The Balaban J connectivity index is 1.20. The quantitative estimate of drug-likeness (QED) is 0.0220. The minimum absolute atomic E-state index is 0.0192. The fraction of sp³-hybridized carbons (Fsp3) is 0.328. The highest BCUT2D eigenvalue weighted by Gasteiger charge is 2.45. The van der Waals surface area contributed by atoms with Crippen LogP contribution in [-0.2, 0) is 59.4 Å². The lowest BCUT2D eigenvalue weighted by molar-refractivity contribution is -0.143. The van der Waals surface area contributed by atoms with E-state index in [9.17, 15) is 4.79 Å². The van der Waals surface area contributed by atoms with Crippen molar-refractivity contribution in [2.75, 3.05) is 26.2 Å². The number of nitrogens with one attached hydrogen (secondary N) is 8. The summed E-state index contributed by atoms with van der Waals surface area (Å²) in [6, 6.07) is 34.1. The van der Waals surface area contributed by atoms with Crippen LogP contribution in [0.4, 0.5) is 4.79 Å². The summed E-state index contributed by atoms with van der Waals surface area (Å²) in [5, 5.41) is 21.1. The van der Waals surface area contributed by atoms with Gasteiger partial charge in [-0.1, -0.05) is 131 Å². The fourth-order valence-electron chi connectivity index (χ4n) is 9.83. The summed E-state index contributed by atoms with van der Waals surface area (Å²) in [6.45, 7) is 1.35. The van der Waals surface area contributed by atoms with E-state index in [-0.39, 0.29) is 45.2 Å². The standard InChI is InChI=1S/C58H65I2N10O9P/c59-62-27-13-12-21-45-52(71)65-46(30-38-23-25-42(26-24-38)78-36-39-16-6-2-7-17-39)53(72)67-48(31-37-14-4-1-5-15-37)57(76)69-35-43(79-58(77)61-28-29-63-80)33-50(69)55(74)68-51(40-18-8-3-9-19-40)56(75)66-47(54(73)64-45)32-41-34-70(60)49-22-11-10-20-44(41)49/h1-11,14-20,22-26,34,43,45-48,50-51,62-63H,12-13,21,27-33,35-36,80H2,(H,61,77)(H,64,73)(H,65,71)(H,66,75)(H,67,72)(H,68,74)/t43?,45-,46-,47?,48-,50+,51-/m1/s1. The van der Waals surface area contributed by atoms with Gasteiger partial charge in [0.1, 0.15) is 54.7 Å². The van der Waals surface area contributed by atoms with E-state index in [1.807, 2.05) is 92.5 Å². The summed E-state index contributed by atoms with van der Waals surface area (Å²) in [7, 11) is 2.35. The van der Waals surface area contributed by atoms with E-state index < -0.39 is 83.9 Å². The average molecular weight is 1330 g/mol. The van der Waals surface area contributed by atoms with Gasteiger partial charge in [0.2, 0.25) is 35.4 Å². The molecule has 7 amide bonds. The Hall–Kier alpha value is -6.66. The first-order chi connectivity index (χ1) is 38.9. The second-order valence-electron chi connectivity index (χ2n) is 19.6. The van der Waals surface area contributed by atoms with Crippen molar-refractivity contribution in [3.05, 3.63) is 174 Å². The maximum atomic E-state index is 15.4. The molecule has 0 aliphatic carbocycles. The zero-order valence-corrected chi connectivity index (χ0v) is 49.3. The first-order valence-electron chi connectivity index (χ1n) is 26.5. The van der Waals surface area contributed by atoms with Crippen LogP contribution in [0.1, 0.15) is 59.5 Å². The van der Waals surface area contributed by atoms with Gasteiger partial charge < -0.3 is 46.3 Å². The second kappa shape index (κ2) is 29.7. The molecule has 80 heavy (non-hydrogen) atoms. The molecule has 3 unspecified atom stereocenters. The molecule has 2 aliphatic rings. The van der Waals surface area contributed by atoms with E-state index in [4.69, 9.17) is 9.47 Å². The Labute approximate surface area is 494 Å². The number of carbonyl (C=O) groups excluding carboxylic acids is 7. The third-order valence-electron chi connectivity index (χ3n) is 13.9. The molecule has 3 heterocycles. The number of para-hydroxylation sites is 1. The zero-order valence-electron chi connectivity index (χ0n) is 43.8. The van der Waals surface area contributed by atoms with Crippen LogP contribution in [0.5, 0.6) is 5.75 Å². The van der Waals surface area contributed by atoms with Crippen LogP contribution < -0.4 is 45.3 Å². The van der Waals surface area contributed by atoms with E-state index in [1.165, 1.54) is 4.90 Å². The molecule has 0 bridgehead atoms. The Morgan fingerprint density at radius 1 is 0.613 bits per heavy atom. The maximum absolute atomic E-state index is 15.4. The van der Waals surface area contributed by atoms with Gasteiger partial charge in [-0.15, -0.1) is 0 Å². The molecule has 22 heteroatoms. The van der Waals surface area contributed by atoms with E-state index in [0.717, 1.165) is 22.0 Å². The Morgan fingerprint density at radius 2 is 1.20 bits per heavy atom. The van der Waals surface area contributed by atoms with Crippen molar-refractivity contribution < 1.29 is 43.0 Å². The molecule has 2 fully saturated rings. The molecule has 2 aliphatic heterocycles. The number of hydrogen-bond acceptors (Lipinski definition) is 11. The predicted molar refractivity (Wildman–Crippen MR) is 323 cm³/mol. The largest absolute Gasteiger partial charge is 0.489 e. The van der Waals surface area contributed by atoms with Crippen LogP contribution >= 0.6 is 55.1 Å². The van der Waals surface area contributed by atoms with Crippen molar-refractivity contribution in [3.63, 3.8) is 0 Å².